The maximum atomic E-state index is 13.1. The first kappa shape index (κ1) is 28.1. The van der Waals surface area contributed by atoms with E-state index in [9.17, 15) is 14.4 Å². The lowest BCUT2D eigenvalue weighted by atomic mass is 10.2. The fourth-order valence-corrected chi connectivity index (χ4v) is 3.82. The van der Waals surface area contributed by atoms with Crippen LogP contribution in [0.4, 0.5) is 4.79 Å². The Hall–Kier alpha value is -4.92. The molecule has 0 saturated heterocycles. The molecule has 4 aromatic rings. The second-order valence-corrected chi connectivity index (χ2v) is 9.94. The van der Waals surface area contributed by atoms with Crippen molar-refractivity contribution >= 4 is 29.6 Å². The van der Waals surface area contributed by atoms with Crippen molar-refractivity contribution in [3.8, 4) is 0 Å². The summed E-state index contributed by atoms with van der Waals surface area (Å²) in [4.78, 5) is 42.9. The molecule has 0 aliphatic heterocycles. The molecule has 0 unspecified atom stereocenters. The van der Waals surface area contributed by atoms with Crippen LogP contribution in [-0.4, -0.2) is 33.0 Å². The van der Waals surface area contributed by atoms with Crippen LogP contribution in [0.2, 0.25) is 0 Å². The highest BCUT2D eigenvalue weighted by molar-refractivity contribution is 5.97. The van der Waals surface area contributed by atoms with E-state index in [1.807, 2.05) is 60.7 Å². The monoisotopic (exact) mass is 541 g/mol. The first-order valence-corrected chi connectivity index (χ1v) is 12.8. The van der Waals surface area contributed by atoms with Crippen molar-refractivity contribution < 1.29 is 28.6 Å². The molecule has 206 valence electrons. The molecule has 40 heavy (non-hydrogen) atoms. The highest BCUT2D eigenvalue weighted by Gasteiger charge is 2.22. The summed E-state index contributed by atoms with van der Waals surface area (Å²) in [6.45, 7) is 5.40. The minimum atomic E-state index is -0.829. The van der Waals surface area contributed by atoms with Gasteiger partial charge < -0.3 is 18.6 Å². The van der Waals surface area contributed by atoms with Crippen LogP contribution in [0.1, 0.15) is 43.4 Å². The quantitative estimate of drug-likeness (QED) is 0.176. The molecule has 0 bridgehead atoms. The van der Waals surface area contributed by atoms with Crippen molar-refractivity contribution in [2.75, 3.05) is 0 Å². The second-order valence-electron chi connectivity index (χ2n) is 9.94. The van der Waals surface area contributed by atoms with Gasteiger partial charge in [0, 0.05) is 6.20 Å². The van der Waals surface area contributed by atoms with Crippen molar-refractivity contribution in [2.24, 2.45) is 0 Å². The van der Waals surface area contributed by atoms with Gasteiger partial charge in [0.25, 0.3) is 0 Å². The summed E-state index contributed by atoms with van der Waals surface area (Å²) in [6, 6.07) is 23.7. The van der Waals surface area contributed by atoms with Crippen LogP contribution >= 0.6 is 0 Å². The molecule has 4 rings (SSSR count). The topological polar surface area (TPSA) is 108 Å². The lowest BCUT2D eigenvalue weighted by Gasteiger charge is -2.19. The van der Waals surface area contributed by atoms with Crippen LogP contribution in [0.15, 0.2) is 90.8 Å². The van der Waals surface area contributed by atoms with Crippen molar-refractivity contribution in [2.45, 2.75) is 46.0 Å². The average Bonchev–Trinajstić information content (AvgIpc) is 3.27. The zero-order chi connectivity index (χ0) is 28.5. The molecule has 2 heterocycles. The van der Waals surface area contributed by atoms with E-state index in [1.54, 1.807) is 49.6 Å². The number of hydrogen-bond donors (Lipinski definition) is 1. The van der Waals surface area contributed by atoms with Crippen molar-refractivity contribution in [1.82, 2.24) is 14.7 Å². The number of esters is 2. The van der Waals surface area contributed by atoms with E-state index in [4.69, 9.17) is 14.2 Å². The van der Waals surface area contributed by atoms with E-state index in [0.717, 1.165) is 11.1 Å². The fourth-order valence-electron chi connectivity index (χ4n) is 3.82. The van der Waals surface area contributed by atoms with Gasteiger partial charge in [0.2, 0.25) is 0 Å². The Morgan fingerprint density at radius 1 is 0.850 bits per heavy atom. The number of rotatable bonds is 9. The molecule has 1 amide bonds. The van der Waals surface area contributed by atoms with Gasteiger partial charge in [-0.15, -0.1) is 0 Å². The second kappa shape index (κ2) is 12.8. The van der Waals surface area contributed by atoms with E-state index in [1.165, 1.54) is 6.08 Å². The molecule has 2 aromatic carbocycles. The highest BCUT2D eigenvalue weighted by Crippen LogP contribution is 2.19. The third-order valence-corrected chi connectivity index (χ3v) is 5.54. The predicted molar refractivity (Wildman–Crippen MR) is 149 cm³/mol. The van der Waals surface area contributed by atoms with Gasteiger partial charge >= 0.3 is 18.0 Å². The van der Waals surface area contributed by atoms with Gasteiger partial charge in [-0.1, -0.05) is 66.7 Å². The zero-order valence-corrected chi connectivity index (χ0v) is 22.6. The lowest BCUT2D eigenvalue weighted by Crippen LogP contribution is -2.29. The molecule has 9 heteroatoms. The van der Waals surface area contributed by atoms with Crippen LogP contribution in [0, 0.1) is 0 Å². The Kier molecular flexibility index (Phi) is 8.96. The minimum absolute atomic E-state index is 0.00554. The third kappa shape index (κ3) is 8.04. The summed E-state index contributed by atoms with van der Waals surface area (Å²) in [5.41, 5.74) is 1.74. The number of nitrogens with zero attached hydrogens (tertiary/aromatic N) is 2. The average molecular weight is 542 g/mol. The van der Waals surface area contributed by atoms with Gasteiger partial charge in [-0.25, -0.2) is 14.6 Å². The number of hydrogen-bond acceptors (Lipinski definition) is 7. The van der Waals surface area contributed by atoms with E-state index in [2.05, 4.69) is 10.3 Å². The van der Waals surface area contributed by atoms with Crippen molar-refractivity contribution in [3.05, 3.63) is 113 Å². The normalized spacial score (nSPS) is 11.6. The Morgan fingerprint density at radius 2 is 1.45 bits per heavy atom. The van der Waals surface area contributed by atoms with E-state index in [0.29, 0.717) is 17.0 Å². The molecule has 0 radical (unpaired) electrons. The number of benzene rings is 2. The number of carbonyl (C=O) groups excluding carboxylic acids is 3. The number of aromatic nitrogens is 2. The number of fused-ring (bicyclic) bond motifs is 1. The fraction of sp³-hybridized carbons (Fsp3) is 0.226. The molecular formula is C31H31N3O6. The number of pyridine rings is 1. The van der Waals surface area contributed by atoms with E-state index < -0.39 is 23.6 Å². The molecule has 1 N–H and O–H groups in total. The van der Waals surface area contributed by atoms with Crippen molar-refractivity contribution in [3.63, 3.8) is 0 Å². The summed E-state index contributed by atoms with van der Waals surface area (Å²) in [5.74, 6) is -0.796. The SMILES string of the molecule is CC(C)(C)OC(=O)Cc1nc(/C=C(\NC(=O)OCc2ccccc2)C(=O)OCc2ccccc2)c2ccccn12. The molecule has 0 aliphatic rings. The summed E-state index contributed by atoms with van der Waals surface area (Å²) in [6.07, 6.45) is 2.25. The molecule has 0 fully saturated rings. The Morgan fingerprint density at radius 3 is 2.08 bits per heavy atom. The Labute approximate surface area is 232 Å². The number of nitrogens with one attached hydrogen (secondary N) is 1. The molecule has 0 saturated carbocycles. The van der Waals surface area contributed by atoms with Crippen molar-refractivity contribution in [1.29, 1.82) is 0 Å². The van der Waals surface area contributed by atoms with Gasteiger partial charge in [-0.05, 0) is 50.1 Å². The molecule has 0 aliphatic carbocycles. The zero-order valence-electron chi connectivity index (χ0n) is 22.6. The first-order valence-electron chi connectivity index (χ1n) is 12.8. The number of imidazole rings is 1. The van der Waals surface area contributed by atoms with Crippen LogP contribution in [0.3, 0.4) is 0 Å². The van der Waals surface area contributed by atoms with Gasteiger partial charge in [-0.2, -0.15) is 0 Å². The Balaban J connectivity index is 1.60. The summed E-state index contributed by atoms with van der Waals surface area (Å²) in [5, 5.41) is 2.50. The van der Waals surface area contributed by atoms with Crippen LogP contribution in [-0.2, 0) is 43.4 Å². The number of amides is 1. The van der Waals surface area contributed by atoms with Gasteiger partial charge in [0.15, 0.2) is 0 Å². The molecule has 0 atom stereocenters. The smallest absolute Gasteiger partial charge is 0.412 e. The van der Waals surface area contributed by atoms with Gasteiger partial charge in [-0.3, -0.25) is 10.1 Å². The minimum Gasteiger partial charge on any atom is -0.460 e. The summed E-state index contributed by atoms with van der Waals surface area (Å²) < 4.78 is 18.0. The largest absolute Gasteiger partial charge is 0.460 e. The standard InChI is InChI=1S/C31H31N3O6/c1-31(2,3)40-28(35)19-27-32-24(26-16-10-11-17-34(26)27)18-25(29(36)38-20-22-12-6-4-7-13-22)33-30(37)39-21-23-14-8-5-9-15-23/h4-18H,19-21H2,1-3H3,(H,33,37)/b25-18-. The summed E-state index contributed by atoms with van der Waals surface area (Å²) in [7, 11) is 0. The molecule has 0 spiro atoms. The van der Waals surface area contributed by atoms with Gasteiger partial charge in [0.1, 0.15) is 36.8 Å². The molecule has 2 aromatic heterocycles. The molecular weight excluding hydrogens is 510 g/mol. The maximum Gasteiger partial charge on any atom is 0.412 e. The van der Waals surface area contributed by atoms with Crippen LogP contribution in [0.25, 0.3) is 11.6 Å². The van der Waals surface area contributed by atoms with Crippen LogP contribution in [0.5, 0.6) is 0 Å². The highest BCUT2D eigenvalue weighted by atomic mass is 16.6. The van der Waals surface area contributed by atoms with Gasteiger partial charge in [0.05, 0.1) is 11.2 Å². The number of carbonyl (C=O) groups is 3. The maximum absolute atomic E-state index is 13.1. The number of ether oxygens (including phenoxy) is 3. The van der Waals surface area contributed by atoms with E-state index in [-0.39, 0.29) is 25.3 Å². The van der Waals surface area contributed by atoms with Crippen LogP contribution < -0.4 is 5.32 Å². The molecule has 9 nitrogen and oxygen atoms in total. The lowest BCUT2D eigenvalue weighted by molar-refractivity contribution is -0.154. The van der Waals surface area contributed by atoms with E-state index >= 15 is 0 Å². The number of alkyl carbamates (subject to hydrolysis) is 1. The third-order valence-electron chi connectivity index (χ3n) is 5.54. The first-order chi connectivity index (χ1) is 19.2. The Bertz CT molecular complexity index is 1500. The predicted octanol–water partition coefficient (Wildman–Crippen LogP) is 5.23. The summed E-state index contributed by atoms with van der Waals surface area (Å²) >= 11 is 0.